The molecule has 1 aliphatic heterocycles. The number of aromatic nitrogens is 2. The van der Waals surface area contributed by atoms with Crippen LogP contribution in [0.1, 0.15) is 57.9 Å². The predicted molar refractivity (Wildman–Crippen MR) is 113 cm³/mol. The molecule has 1 amide bonds. The molecular weight excluding hydrogens is 370 g/mol. The number of benzene rings is 1. The minimum absolute atomic E-state index is 0.00670. The maximum Gasteiger partial charge on any atom is 0.266 e. The smallest absolute Gasteiger partial charge is 0.266 e. The van der Waals surface area contributed by atoms with Crippen molar-refractivity contribution < 1.29 is 4.79 Å². The minimum atomic E-state index is -0.155. The molecule has 1 aliphatic carbocycles. The summed E-state index contributed by atoms with van der Waals surface area (Å²) in [7, 11) is 0. The van der Waals surface area contributed by atoms with Crippen LogP contribution in [0.25, 0.3) is 10.2 Å². The first-order valence-corrected chi connectivity index (χ1v) is 10.9. The van der Waals surface area contributed by atoms with Crippen LogP contribution in [-0.2, 0) is 25.8 Å². The first-order chi connectivity index (χ1) is 13.6. The second kappa shape index (κ2) is 6.85. The number of fused-ring (bicyclic) bond motifs is 3. The summed E-state index contributed by atoms with van der Waals surface area (Å²) < 4.78 is 1.82. The highest BCUT2D eigenvalue weighted by Crippen LogP contribution is 2.30. The van der Waals surface area contributed by atoms with Gasteiger partial charge in [-0.2, -0.15) is 0 Å². The quantitative estimate of drug-likeness (QED) is 0.708. The Morgan fingerprint density at radius 3 is 2.86 bits per heavy atom. The molecule has 1 N–H and O–H groups in total. The van der Waals surface area contributed by atoms with Crippen LogP contribution in [0.5, 0.6) is 0 Å². The Bertz CT molecular complexity index is 1160. The van der Waals surface area contributed by atoms with Crippen LogP contribution in [-0.4, -0.2) is 15.5 Å². The van der Waals surface area contributed by atoms with Crippen LogP contribution in [0.15, 0.2) is 23.0 Å². The maximum absolute atomic E-state index is 13.1. The Hall–Kier alpha value is -2.47. The number of aryl methyl sites for hydroxylation is 4. The molecule has 0 atom stereocenters. The van der Waals surface area contributed by atoms with E-state index in [1.807, 2.05) is 17.6 Å². The number of nitrogens with zero attached hydrogens (tertiary/aromatic N) is 2. The Balaban J connectivity index is 1.52. The van der Waals surface area contributed by atoms with E-state index in [1.54, 1.807) is 0 Å². The number of rotatable bonds is 2. The van der Waals surface area contributed by atoms with E-state index in [4.69, 9.17) is 4.98 Å². The monoisotopic (exact) mass is 393 g/mol. The number of anilines is 1. The highest BCUT2D eigenvalue weighted by atomic mass is 32.1. The number of carbonyl (C=O) groups excluding carboxylic acids is 1. The number of hydrogen-bond acceptors (Lipinski definition) is 4. The number of hydrogen-bond donors (Lipinski definition) is 1. The highest BCUT2D eigenvalue weighted by Gasteiger charge is 2.22. The summed E-state index contributed by atoms with van der Waals surface area (Å²) in [6, 6.07) is 6.17. The zero-order valence-electron chi connectivity index (χ0n) is 16.0. The van der Waals surface area contributed by atoms with Gasteiger partial charge < -0.3 is 5.32 Å². The highest BCUT2D eigenvalue weighted by molar-refractivity contribution is 7.20. The van der Waals surface area contributed by atoms with Crippen molar-refractivity contribution in [3.8, 4) is 0 Å². The lowest BCUT2D eigenvalue weighted by Crippen LogP contribution is -2.24. The largest absolute Gasteiger partial charge is 0.321 e. The second-order valence-electron chi connectivity index (χ2n) is 7.82. The zero-order valence-corrected chi connectivity index (χ0v) is 16.8. The maximum atomic E-state index is 13.1. The molecule has 0 saturated carbocycles. The fourth-order valence-corrected chi connectivity index (χ4v) is 5.55. The number of amides is 1. The molecule has 28 heavy (non-hydrogen) atoms. The van der Waals surface area contributed by atoms with Crippen molar-refractivity contribution in [3.05, 3.63) is 55.9 Å². The van der Waals surface area contributed by atoms with Crippen molar-refractivity contribution >= 4 is 33.1 Å². The molecule has 2 aromatic heterocycles. The molecule has 0 bridgehead atoms. The lowest BCUT2D eigenvalue weighted by molar-refractivity contribution is 0.103. The third-order valence-corrected chi connectivity index (χ3v) is 7.16. The van der Waals surface area contributed by atoms with Gasteiger partial charge in [0.15, 0.2) is 0 Å². The van der Waals surface area contributed by atoms with Crippen LogP contribution in [0.4, 0.5) is 5.69 Å². The van der Waals surface area contributed by atoms with Gasteiger partial charge >= 0.3 is 0 Å². The van der Waals surface area contributed by atoms with Gasteiger partial charge in [-0.05, 0) is 67.9 Å². The van der Waals surface area contributed by atoms with Gasteiger partial charge in [-0.25, -0.2) is 4.98 Å². The Labute approximate surface area is 167 Å². The van der Waals surface area contributed by atoms with E-state index in [-0.39, 0.29) is 11.5 Å². The standard InChI is InChI=1S/C22H23N3O2S/c1-13-18-21(24-17-8-3-2-4-11-25(17)22(18)27)28-19(13)20(26)23-16-10-9-14-6-5-7-15(14)12-16/h9-10,12H,2-8,11H2,1H3,(H,23,26). The van der Waals surface area contributed by atoms with Crippen LogP contribution in [0.3, 0.4) is 0 Å². The Kier molecular flexibility index (Phi) is 4.31. The fourth-order valence-electron chi connectivity index (χ4n) is 4.46. The van der Waals surface area contributed by atoms with E-state index in [2.05, 4.69) is 17.4 Å². The molecule has 1 aromatic carbocycles. The summed E-state index contributed by atoms with van der Waals surface area (Å²) in [5.74, 6) is 0.708. The molecule has 6 heteroatoms. The molecule has 0 fully saturated rings. The normalized spacial score (nSPS) is 15.9. The first-order valence-electron chi connectivity index (χ1n) is 10.1. The van der Waals surface area contributed by atoms with E-state index in [0.717, 1.165) is 62.1 Å². The van der Waals surface area contributed by atoms with E-state index in [0.29, 0.717) is 15.1 Å². The molecule has 2 aliphatic rings. The minimum Gasteiger partial charge on any atom is -0.321 e. The van der Waals surface area contributed by atoms with Gasteiger partial charge in [0.05, 0.1) is 10.3 Å². The SMILES string of the molecule is Cc1c(C(=O)Nc2ccc3c(c2)CCC3)sc2nc3n(c(=O)c12)CCCCC3. The Morgan fingerprint density at radius 2 is 1.96 bits per heavy atom. The van der Waals surface area contributed by atoms with Gasteiger partial charge in [-0.1, -0.05) is 12.5 Å². The third kappa shape index (κ3) is 2.87. The molecule has 5 rings (SSSR count). The van der Waals surface area contributed by atoms with Gasteiger partial charge in [-0.3, -0.25) is 14.2 Å². The molecule has 0 saturated heterocycles. The van der Waals surface area contributed by atoms with E-state index < -0.39 is 0 Å². The fraction of sp³-hybridized carbons (Fsp3) is 0.409. The van der Waals surface area contributed by atoms with Crippen molar-refractivity contribution in [2.45, 2.75) is 58.4 Å². The third-order valence-electron chi connectivity index (χ3n) is 5.97. The number of carbonyl (C=O) groups is 1. The molecule has 5 nitrogen and oxygen atoms in total. The number of nitrogens with one attached hydrogen (secondary N) is 1. The van der Waals surface area contributed by atoms with Gasteiger partial charge in [0.25, 0.3) is 11.5 Å². The second-order valence-corrected chi connectivity index (χ2v) is 8.82. The average molecular weight is 394 g/mol. The topological polar surface area (TPSA) is 64.0 Å². The average Bonchev–Trinajstić information content (AvgIpc) is 3.18. The van der Waals surface area contributed by atoms with Gasteiger partial charge in [-0.15, -0.1) is 11.3 Å². The lowest BCUT2D eigenvalue weighted by Gasteiger charge is -2.08. The summed E-state index contributed by atoms with van der Waals surface area (Å²) >= 11 is 1.33. The van der Waals surface area contributed by atoms with Crippen molar-refractivity contribution in [1.82, 2.24) is 9.55 Å². The first kappa shape index (κ1) is 17.6. The van der Waals surface area contributed by atoms with Crippen molar-refractivity contribution in [2.75, 3.05) is 5.32 Å². The van der Waals surface area contributed by atoms with Crippen LogP contribution >= 0.6 is 11.3 Å². The van der Waals surface area contributed by atoms with E-state index >= 15 is 0 Å². The molecule has 0 spiro atoms. The summed E-state index contributed by atoms with van der Waals surface area (Å²) in [4.78, 5) is 32.1. The van der Waals surface area contributed by atoms with Gasteiger partial charge in [0.2, 0.25) is 0 Å². The van der Waals surface area contributed by atoms with Crippen molar-refractivity contribution in [3.63, 3.8) is 0 Å². The number of thiophene rings is 1. The summed E-state index contributed by atoms with van der Waals surface area (Å²) in [6.07, 6.45) is 7.42. The van der Waals surface area contributed by atoms with Gasteiger partial charge in [0.1, 0.15) is 10.7 Å². The summed E-state index contributed by atoms with van der Waals surface area (Å²) in [5, 5.41) is 3.63. The van der Waals surface area contributed by atoms with Crippen LogP contribution in [0, 0.1) is 6.92 Å². The van der Waals surface area contributed by atoms with Crippen LogP contribution < -0.4 is 10.9 Å². The molecule has 0 unspecified atom stereocenters. The summed E-state index contributed by atoms with van der Waals surface area (Å²) in [6.45, 7) is 2.59. The molecular formula is C22H23N3O2S. The van der Waals surface area contributed by atoms with Crippen LogP contribution in [0.2, 0.25) is 0 Å². The molecule has 0 radical (unpaired) electrons. The predicted octanol–water partition coefficient (Wildman–Crippen LogP) is 4.23. The van der Waals surface area contributed by atoms with Gasteiger partial charge in [0, 0.05) is 18.7 Å². The van der Waals surface area contributed by atoms with E-state index in [1.165, 1.54) is 28.9 Å². The zero-order chi connectivity index (χ0) is 19.3. The molecule has 3 heterocycles. The van der Waals surface area contributed by atoms with Crippen molar-refractivity contribution in [1.29, 1.82) is 0 Å². The summed E-state index contributed by atoms with van der Waals surface area (Å²) in [5.41, 5.74) is 4.29. The van der Waals surface area contributed by atoms with Crippen molar-refractivity contribution in [2.24, 2.45) is 0 Å². The lowest BCUT2D eigenvalue weighted by atomic mass is 10.1. The Morgan fingerprint density at radius 1 is 1.11 bits per heavy atom. The van der Waals surface area contributed by atoms with E-state index in [9.17, 15) is 9.59 Å². The molecule has 3 aromatic rings. The molecule has 144 valence electrons.